The number of carbonyl (C=O) groups excluding carboxylic acids is 1. The van der Waals surface area contributed by atoms with Gasteiger partial charge in [-0.3, -0.25) is 4.79 Å². The van der Waals surface area contributed by atoms with Gasteiger partial charge in [-0.2, -0.15) is 0 Å². The number of amides is 1. The van der Waals surface area contributed by atoms with E-state index in [4.69, 9.17) is 17.3 Å². The van der Waals surface area contributed by atoms with Crippen LogP contribution in [0.5, 0.6) is 0 Å². The summed E-state index contributed by atoms with van der Waals surface area (Å²) in [6, 6.07) is 0. The Morgan fingerprint density at radius 1 is 1.50 bits per heavy atom. The maximum atomic E-state index is 10.3. The molecule has 2 N–H and O–H groups in total. The zero-order chi connectivity index (χ0) is 8.97. The molecule has 0 aliphatic carbocycles. The van der Waals surface area contributed by atoms with E-state index in [9.17, 15) is 4.79 Å². The van der Waals surface area contributed by atoms with E-state index < -0.39 is 5.91 Å². The van der Waals surface area contributed by atoms with Gasteiger partial charge in [0.2, 0.25) is 5.91 Å². The number of primary amides is 1. The lowest BCUT2D eigenvalue weighted by atomic mass is 10.4. The molecule has 1 heterocycles. The minimum Gasteiger partial charge on any atom is -0.366 e. The van der Waals surface area contributed by atoms with E-state index in [1.807, 2.05) is 0 Å². The maximum absolute atomic E-state index is 10.3. The molecule has 0 bridgehead atoms. The number of aromatic nitrogens is 2. The summed E-state index contributed by atoms with van der Waals surface area (Å²) in [5.41, 5.74) is 4.86. The molecule has 1 rings (SSSR count). The van der Waals surface area contributed by atoms with E-state index in [1.165, 1.54) is 24.5 Å². The van der Waals surface area contributed by atoms with Gasteiger partial charge < -0.3 is 5.73 Å². The number of hydrogen-bond acceptors (Lipinski definition) is 3. The third-order valence-corrected chi connectivity index (χ3v) is 1.23. The normalized spacial score (nSPS) is 10.4. The highest BCUT2D eigenvalue weighted by Gasteiger charge is 1.91. The first-order chi connectivity index (χ1) is 5.68. The van der Waals surface area contributed by atoms with Crippen LogP contribution in [0.3, 0.4) is 0 Å². The Kier molecular flexibility index (Phi) is 2.76. The minimum atomic E-state index is -0.534. The summed E-state index contributed by atoms with van der Waals surface area (Å²) in [6.45, 7) is 0. The first-order valence-corrected chi connectivity index (χ1v) is 3.51. The molecular weight excluding hydrogens is 178 g/mol. The highest BCUT2D eigenvalue weighted by molar-refractivity contribution is 6.30. The zero-order valence-electron chi connectivity index (χ0n) is 6.07. The highest BCUT2D eigenvalue weighted by Crippen LogP contribution is 2.03. The van der Waals surface area contributed by atoms with Crippen molar-refractivity contribution in [3.8, 4) is 0 Å². The Labute approximate surface area is 74.1 Å². The number of nitrogens with zero attached hydrogens (tertiary/aromatic N) is 2. The van der Waals surface area contributed by atoms with Crippen molar-refractivity contribution in [2.45, 2.75) is 0 Å². The monoisotopic (exact) mass is 183 g/mol. The molecule has 0 aromatic carbocycles. The largest absolute Gasteiger partial charge is 0.366 e. The first kappa shape index (κ1) is 8.67. The van der Waals surface area contributed by atoms with Crippen molar-refractivity contribution >= 4 is 23.6 Å². The Morgan fingerprint density at radius 2 is 2.08 bits per heavy atom. The smallest absolute Gasteiger partial charge is 0.241 e. The predicted octanol–water partition coefficient (Wildman–Crippen LogP) is 0.628. The molecule has 5 heteroatoms. The summed E-state index contributed by atoms with van der Waals surface area (Å²) in [6.07, 6.45) is 5.48. The Bertz CT molecular complexity index is 307. The molecule has 4 nitrogen and oxygen atoms in total. The van der Waals surface area contributed by atoms with Crippen molar-refractivity contribution in [2.24, 2.45) is 5.73 Å². The van der Waals surface area contributed by atoms with Crippen LogP contribution in [0.1, 0.15) is 5.82 Å². The minimum absolute atomic E-state index is 0.401. The molecule has 12 heavy (non-hydrogen) atoms. The van der Waals surface area contributed by atoms with E-state index in [-0.39, 0.29) is 0 Å². The van der Waals surface area contributed by atoms with Gasteiger partial charge in [0.05, 0.1) is 5.02 Å². The van der Waals surface area contributed by atoms with Crippen molar-refractivity contribution in [2.75, 3.05) is 0 Å². The lowest BCUT2D eigenvalue weighted by Crippen LogP contribution is -2.05. The lowest BCUT2D eigenvalue weighted by molar-refractivity contribution is -0.113. The molecule has 62 valence electrons. The maximum Gasteiger partial charge on any atom is 0.241 e. The molecular formula is C7H6ClN3O. The molecule has 0 aliphatic rings. The van der Waals surface area contributed by atoms with Crippen molar-refractivity contribution in [1.82, 2.24) is 9.97 Å². The van der Waals surface area contributed by atoms with Gasteiger partial charge in [-0.25, -0.2) is 9.97 Å². The standard InChI is InChI=1S/C7H6ClN3O/c8-5-3-10-7(11-4-5)2-1-6(9)12/h1-4H,(H2,9,12). The van der Waals surface area contributed by atoms with Gasteiger partial charge in [-0.1, -0.05) is 11.6 Å². The molecule has 0 radical (unpaired) electrons. The molecule has 0 saturated carbocycles. The van der Waals surface area contributed by atoms with Crippen LogP contribution in [0.2, 0.25) is 5.02 Å². The van der Waals surface area contributed by atoms with Crippen molar-refractivity contribution in [3.05, 3.63) is 29.3 Å². The Hall–Kier alpha value is -1.42. The summed E-state index contributed by atoms with van der Waals surface area (Å²) < 4.78 is 0. The summed E-state index contributed by atoms with van der Waals surface area (Å²) >= 11 is 5.53. The predicted molar refractivity (Wildman–Crippen MR) is 45.3 cm³/mol. The number of nitrogens with two attached hydrogens (primary N) is 1. The topological polar surface area (TPSA) is 68.9 Å². The molecule has 1 amide bonds. The van der Waals surface area contributed by atoms with Gasteiger partial charge in [0.15, 0.2) is 5.82 Å². The van der Waals surface area contributed by atoms with Crippen LogP contribution in [0.15, 0.2) is 18.5 Å². The quantitative estimate of drug-likeness (QED) is 0.684. The van der Waals surface area contributed by atoms with Crippen molar-refractivity contribution in [1.29, 1.82) is 0 Å². The fourth-order valence-corrected chi connectivity index (χ4v) is 0.663. The van der Waals surface area contributed by atoms with Gasteiger partial charge in [0.1, 0.15) is 0 Å². The Balaban J connectivity index is 2.77. The zero-order valence-corrected chi connectivity index (χ0v) is 6.82. The van der Waals surface area contributed by atoms with Crippen LogP contribution in [0.25, 0.3) is 6.08 Å². The third-order valence-electron chi connectivity index (χ3n) is 1.04. The van der Waals surface area contributed by atoms with E-state index in [0.29, 0.717) is 10.8 Å². The van der Waals surface area contributed by atoms with Gasteiger partial charge >= 0.3 is 0 Å². The van der Waals surface area contributed by atoms with Crippen LogP contribution in [-0.4, -0.2) is 15.9 Å². The fourth-order valence-electron chi connectivity index (χ4n) is 0.565. The SMILES string of the molecule is NC(=O)C=Cc1ncc(Cl)cn1. The van der Waals surface area contributed by atoms with Crippen LogP contribution in [0.4, 0.5) is 0 Å². The summed E-state index contributed by atoms with van der Waals surface area (Å²) in [4.78, 5) is 17.9. The molecule has 1 aromatic heterocycles. The molecule has 1 aromatic rings. The molecule has 0 unspecified atom stereocenters. The average Bonchev–Trinajstić information content (AvgIpc) is 2.03. The molecule has 0 fully saturated rings. The summed E-state index contributed by atoms with van der Waals surface area (Å²) in [7, 11) is 0. The molecule has 0 saturated heterocycles. The second-order valence-corrected chi connectivity index (χ2v) is 2.43. The molecule has 0 atom stereocenters. The highest BCUT2D eigenvalue weighted by atomic mass is 35.5. The van der Waals surface area contributed by atoms with Crippen molar-refractivity contribution in [3.63, 3.8) is 0 Å². The van der Waals surface area contributed by atoms with E-state index in [1.54, 1.807) is 0 Å². The third kappa shape index (κ3) is 2.67. The number of hydrogen-bond donors (Lipinski definition) is 1. The molecule has 0 spiro atoms. The van der Waals surface area contributed by atoms with Gasteiger partial charge in [-0.15, -0.1) is 0 Å². The number of halogens is 1. The summed E-state index contributed by atoms with van der Waals surface area (Å²) in [5.74, 6) is -0.133. The van der Waals surface area contributed by atoms with Crippen LogP contribution < -0.4 is 5.73 Å². The first-order valence-electron chi connectivity index (χ1n) is 3.13. The average molecular weight is 184 g/mol. The van der Waals surface area contributed by atoms with E-state index in [0.717, 1.165) is 0 Å². The van der Waals surface area contributed by atoms with Crippen LogP contribution >= 0.6 is 11.6 Å². The second-order valence-electron chi connectivity index (χ2n) is 2.00. The van der Waals surface area contributed by atoms with Crippen LogP contribution in [0, 0.1) is 0 Å². The van der Waals surface area contributed by atoms with Crippen molar-refractivity contribution < 1.29 is 4.79 Å². The van der Waals surface area contributed by atoms with Gasteiger partial charge in [0.25, 0.3) is 0 Å². The van der Waals surface area contributed by atoms with Crippen LogP contribution in [-0.2, 0) is 4.79 Å². The Morgan fingerprint density at radius 3 is 2.58 bits per heavy atom. The number of carbonyl (C=O) groups is 1. The molecule has 0 aliphatic heterocycles. The lowest BCUT2D eigenvalue weighted by Gasteiger charge is -1.89. The number of rotatable bonds is 2. The summed E-state index contributed by atoms with van der Waals surface area (Å²) in [5, 5.41) is 0.450. The van der Waals surface area contributed by atoms with E-state index in [2.05, 4.69) is 9.97 Å². The fraction of sp³-hybridized carbons (Fsp3) is 0. The van der Waals surface area contributed by atoms with E-state index >= 15 is 0 Å². The van der Waals surface area contributed by atoms with Gasteiger partial charge in [-0.05, 0) is 6.08 Å². The van der Waals surface area contributed by atoms with Gasteiger partial charge in [0, 0.05) is 18.5 Å². The second kappa shape index (κ2) is 3.82.